The summed E-state index contributed by atoms with van der Waals surface area (Å²) in [5.74, 6) is 0.612. The van der Waals surface area contributed by atoms with Gasteiger partial charge in [0.05, 0.1) is 5.69 Å². The summed E-state index contributed by atoms with van der Waals surface area (Å²) in [5, 5.41) is 0.540. The molecule has 0 amide bonds. The van der Waals surface area contributed by atoms with E-state index in [0.717, 1.165) is 17.4 Å². The number of aromatic nitrogens is 2. The first-order valence-electron chi connectivity index (χ1n) is 7.19. The van der Waals surface area contributed by atoms with Crippen LogP contribution in [0, 0.1) is 0 Å². The summed E-state index contributed by atoms with van der Waals surface area (Å²) in [7, 11) is 0. The van der Waals surface area contributed by atoms with Crippen LogP contribution in [-0.2, 0) is 5.75 Å². The molecule has 0 atom stereocenters. The number of carbonyl (C=O) groups excluding carboxylic acids is 1. The van der Waals surface area contributed by atoms with Crippen LogP contribution in [0.25, 0.3) is 11.3 Å². The van der Waals surface area contributed by atoms with Gasteiger partial charge in [0.25, 0.3) is 5.56 Å². The van der Waals surface area contributed by atoms with Gasteiger partial charge in [0.2, 0.25) is 0 Å². The second-order valence-corrected chi connectivity index (χ2v) is 6.81. The van der Waals surface area contributed by atoms with E-state index in [9.17, 15) is 9.59 Å². The molecule has 0 aliphatic carbocycles. The molecule has 1 N–H and O–H groups in total. The second-order valence-electron chi connectivity index (χ2n) is 5.05. The SMILES string of the molecule is O=Cc1cccc(CSc2nc(-c3ccccc3)c(Br)c(=O)[nH]2)c1. The minimum absolute atomic E-state index is 0.215. The van der Waals surface area contributed by atoms with Crippen LogP contribution in [0.15, 0.2) is 69.0 Å². The third-order valence-corrected chi connectivity index (χ3v) is 5.03. The summed E-state index contributed by atoms with van der Waals surface area (Å²) in [5.41, 5.74) is 2.91. The first kappa shape index (κ1) is 16.7. The molecule has 0 bridgehead atoms. The number of aldehydes is 1. The highest BCUT2D eigenvalue weighted by atomic mass is 79.9. The van der Waals surface area contributed by atoms with Crippen molar-refractivity contribution in [2.24, 2.45) is 0 Å². The smallest absolute Gasteiger partial charge is 0.266 e. The summed E-state index contributed by atoms with van der Waals surface area (Å²) in [6.07, 6.45) is 0.821. The minimum Gasteiger partial charge on any atom is -0.300 e. The number of hydrogen-bond acceptors (Lipinski definition) is 4. The highest BCUT2D eigenvalue weighted by molar-refractivity contribution is 9.10. The van der Waals surface area contributed by atoms with Crippen molar-refractivity contribution < 1.29 is 4.79 Å². The average molecular weight is 401 g/mol. The zero-order valence-electron chi connectivity index (χ0n) is 12.5. The fourth-order valence-corrected chi connectivity index (χ4v) is 3.42. The largest absolute Gasteiger partial charge is 0.300 e. The van der Waals surface area contributed by atoms with Crippen molar-refractivity contribution in [1.29, 1.82) is 0 Å². The Bertz CT molecular complexity index is 926. The van der Waals surface area contributed by atoms with E-state index in [4.69, 9.17) is 0 Å². The van der Waals surface area contributed by atoms with Gasteiger partial charge in [0.15, 0.2) is 5.16 Å². The number of halogens is 1. The molecule has 0 unspecified atom stereocenters. The fourth-order valence-electron chi connectivity index (χ4n) is 2.20. The van der Waals surface area contributed by atoms with Crippen LogP contribution in [0.5, 0.6) is 0 Å². The molecule has 0 fully saturated rings. The van der Waals surface area contributed by atoms with Crippen molar-refractivity contribution in [1.82, 2.24) is 9.97 Å². The molecule has 0 aliphatic rings. The maximum atomic E-state index is 12.1. The molecule has 3 aromatic rings. The summed E-state index contributed by atoms with van der Waals surface area (Å²) in [6.45, 7) is 0. The third-order valence-electron chi connectivity index (χ3n) is 3.35. The maximum Gasteiger partial charge on any atom is 0.266 e. The Labute approximate surface area is 151 Å². The third kappa shape index (κ3) is 3.83. The van der Waals surface area contributed by atoms with Crippen molar-refractivity contribution in [3.8, 4) is 11.3 Å². The molecule has 4 nitrogen and oxygen atoms in total. The zero-order chi connectivity index (χ0) is 16.9. The summed E-state index contributed by atoms with van der Waals surface area (Å²) in [4.78, 5) is 30.3. The lowest BCUT2D eigenvalue weighted by atomic mass is 10.1. The van der Waals surface area contributed by atoms with Crippen LogP contribution < -0.4 is 5.56 Å². The number of nitrogens with zero attached hydrogens (tertiary/aromatic N) is 1. The molecule has 6 heteroatoms. The van der Waals surface area contributed by atoms with Gasteiger partial charge in [-0.15, -0.1) is 0 Å². The van der Waals surface area contributed by atoms with E-state index in [2.05, 4.69) is 25.9 Å². The highest BCUT2D eigenvalue weighted by Crippen LogP contribution is 2.26. The molecule has 0 saturated carbocycles. The predicted molar refractivity (Wildman–Crippen MR) is 99.4 cm³/mol. The van der Waals surface area contributed by atoms with Crippen LogP contribution in [0.4, 0.5) is 0 Å². The molecule has 0 saturated heterocycles. The molecule has 3 rings (SSSR count). The van der Waals surface area contributed by atoms with Crippen molar-refractivity contribution in [3.63, 3.8) is 0 Å². The molecule has 0 spiro atoms. The zero-order valence-corrected chi connectivity index (χ0v) is 14.9. The van der Waals surface area contributed by atoms with Crippen LogP contribution in [0.3, 0.4) is 0 Å². The molecule has 1 heterocycles. The number of benzene rings is 2. The fraction of sp³-hybridized carbons (Fsp3) is 0.0556. The van der Waals surface area contributed by atoms with E-state index in [0.29, 0.717) is 26.6 Å². The molecule has 1 aromatic heterocycles. The van der Waals surface area contributed by atoms with Gasteiger partial charge in [-0.05, 0) is 27.6 Å². The molecular formula is C18H13BrN2O2S. The van der Waals surface area contributed by atoms with E-state index in [1.807, 2.05) is 48.5 Å². The quantitative estimate of drug-likeness (QED) is 0.393. The molecule has 0 radical (unpaired) electrons. The van der Waals surface area contributed by atoms with E-state index in [1.165, 1.54) is 11.8 Å². The van der Waals surface area contributed by atoms with E-state index in [1.54, 1.807) is 6.07 Å². The van der Waals surface area contributed by atoms with Crippen molar-refractivity contribution >= 4 is 34.0 Å². The topological polar surface area (TPSA) is 62.8 Å². The van der Waals surface area contributed by atoms with Gasteiger partial charge in [0.1, 0.15) is 10.8 Å². The van der Waals surface area contributed by atoms with Gasteiger partial charge >= 0.3 is 0 Å². The summed E-state index contributed by atoms with van der Waals surface area (Å²) >= 11 is 4.73. The van der Waals surface area contributed by atoms with Crippen LogP contribution in [-0.4, -0.2) is 16.3 Å². The van der Waals surface area contributed by atoms with Crippen LogP contribution in [0.2, 0.25) is 0 Å². The van der Waals surface area contributed by atoms with Crippen molar-refractivity contribution in [3.05, 3.63) is 80.6 Å². The van der Waals surface area contributed by atoms with Gasteiger partial charge in [-0.1, -0.05) is 60.3 Å². The average Bonchev–Trinajstić information content (AvgIpc) is 2.63. The van der Waals surface area contributed by atoms with Gasteiger partial charge in [-0.3, -0.25) is 9.59 Å². The highest BCUT2D eigenvalue weighted by Gasteiger charge is 2.11. The minimum atomic E-state index is -0.215. The predicted octanol–water partition coefficient (Wildman–Crippen LogP) is 4.30. The Morgan fingerprint density at radius 2 is 1.92 bits per heavy atom. The van der Waals surface area contributed by atoms with E-state index >= 15 is 0 Å². The van der Waals surface area contributed by atoms with Gasteiger partial charge in [-0.25, -0.2) is 4.98 Å². The number of aromatic amines is 1. The monoisotopic (exact) mass is 400 g/mol. The number of H-pyrrole nitrogens is 1. The Hall–Kier alpha value is -2.18. The second kappa shape index (κ2) is 7.59. The molecular weight excluding hydrogens is 388 g/mol. The van der Waals surface area contributed by atoms with E-state index < -0.39 is 0 Å². The molecule has 0 aliphatic heterocycles. The molecule has 120 valence electrons. The Kier molecular flexibility index (Phi) is 5.27. The summed E-state index contributed by atoms with van der Waals surface area (Å²) < 4.78 is 0.418. The number of carbonyl (C=O) groups is 1. The maximum absolute atomic E-state index is 12.1. The normalized spacial score (nSPS) is 10.5. The number of thioether (sulfide) groups is 1. The first-order chi connectivity index (χ1) is 11.7. The van der Waals surface area contributed by atoms with E-state index in [-0.39, 0.29) is 5.56 Å². The number of nitrogens with one attached hydrogen (secondary N) is 1. The van der Waals surface area contributed by atoms with Gasteiger partial charge < -0.3 is 4.98 Å². The Morgan fingerprint density at radius 3 is 2.67 bits per heavy atom. The lowest BCUT2D eigenvalue weighted by Crippen LogP contribution is -2.11. The molecule has 24 heavy (non-hydrogen) atoms. The van der Waals surface area contributed by atoms with Crippen molar-refractivity contribution in [2.75, 3.05) is 0 Å². The van der Waals surface area contributed by atoms with Crippen LogP contribution >= 0.6 is 27.7 Å². The summed E-state index contributed by atoms with van der Waals surface area (Å²) in [6, 6.07) is 16.9. The number of hydrogen-bond donors (Lipinski definition) is 1. The number of rotatable bonds is 5. The van der Waals surface area contributed by atoms with Crippen LogP contribution in [0.1, 0.15) is 15.9 Å². The first-order valence-corrected chi connectivity index (χ1v) is 8.97. The van der Waals surface area contributed by atoms with Crippen molar-refractivity contribution in [2.45, 2.75) is 10.9 Å². The van der Waals surface area contributed by atoms with Gasteiger partial charge in [0, 0.05) is 16.9 Å². The standard InChI is InChI=1S/C18H13BrN2O2S/c19-15-16(14-7-2-1-3-8-14)20-18(21-17(15)23)24-11-13-6-4-5-12(9-13)10-22/h1-10H,11H2,(H,20,21,23). The molecule has 2 aromatic carbocycles. The Morgan fingerprint density at radius 1 is 1.12 bits per heavy atom. The lowest BCUT2D eigenvalue weighted by Gasteiger charge is -2.07. The van der Waals surface area contributed by atoms with Gasteiger partial charge in [-0.2, -0.15) is 0 Å². The lowest BCUT2D eigenvalue weighted by molar-refractivity contribution is 0.112. The Balaban J connectivity index is 1.87.